The van der Waals surface area contributed by atoms with Gasteiger partial charge in [-0.1, -0.05) is 0 Å². The quantitative estimate of drug-likeness (QED) is 0.153. The number of aliphatic hydroxyl groups excluding tert-OH is 2. The van der Waals surface area contributed by atoms with Crippen LogP contribution < -0.4 is 11.2 Å². The number of rotatable bonds is 8. The molecule has 2 aromatic rings. The van der Waals surface area contributed by atoms with Crippen LogP contribution in [-0.2, 0) is 23.4 Å². The van der Waals surface area contributed by atoms with Gasteiger partial charge in [0.15, 0.2) is 11.7 Å². The van der Waals surface area contributed by atoms with E-state index >= 15 is 0 Å². The van der Waals surface area contributed by atoms with Crippen LogP contribution in [0, 0.1) is 0 Å². The zero-order valence-corrected chi connectivity index (χ0v) is 18.7. The lowest BCUT2D eigenvalue weighted by Crippen LogP contribution is -2.33. The molecule has 9 N–H and O–H groups in total. The Morgan fingerprint density at radius 2 is 1.74 bits per heavy atom. The monoisotopic (exact) mass is 526 g/mol. The molecule has 1 saturated heterocycles. The minimum absolute atomic E-state index is 0.0449. The number of hydrogen-bond donors (Lipinski definition) is 9. The number of aromatic nitrogens is 4. The van der Waals surface area contributed by atoms with Gasteiger partial charge in [-0.15, -0.1) is 0 Å². The van der Waals surface area contributed by atoms with Crippen molar-refractivity contribution in [3.63, 3.8) is 0 Å². The molecule has 3 rings (SSSR count). The smallest absolute Gasteiger partial charge is 0.469 e. The molecule has 0 aliphatic carbocycles. The van der Waals surface area contributed by atoms with Gasteiger partial charge in [-0.3, -0.25) is 33.4 Å². The molecule has 0 spiro atoms. The Morgan fingerprint density at radius 1 is 1.17 bits per heavy atom. The molecule has 2 aromatic heterocycles. The number of nitrogens with zero attached hydrogens (tertiary/aromatic N) is 2. The van der Waals surface area contributed by atoms with E-state index in [2.05, 4.69) is 14.5 Å². The predicted octanol–water partition coefficient (Wildman–Crippen LogP) is -3.17. The number of fused-ring (bicyclic) bond motifs is 1. The van der Waals surface area contributed by atoms with Gasteiger partial charge in [0.1, 0.15) is 24.0 Å². The van der Waals surface area contributed by atoms with Gasteiger partial charge in [-0.05, 0) is 6.92 Å². The van der Waals surface area contributed by atoms with E-state index in [1.165, 1.54) is 6.92 Å². The summed E-state index contributed by atoms with van der Waals surface area (Å²) in [6.07, 6.45) is -5.54. The van der Waals surface area contributed by atoms with Gasteiger partial charge in [0, 0.05) is 0 Å². The number of phosphoric ester groups is 1. The Labute approximate surface area is 193 Å². The molecule has 1 aliphatic heterocycles. The van der Waals surface area contributed by atoms with Crippen molar-refractivity contribution >= 4 is 30.9 Å². The number of carboxylic acid groups (broad SMARTS) is 2. The summed E-state index contributed by atoms with van der Waals surface area (Å²) in [7, 11) is -4.78. The minimum atomic E-state index is -4.78. The number of phosphoric acid groups is 1. The topological polar surface area (TPSA) is 295 Å². The van der Waals surface area contributed by atoms with Crippen LogP contribution in [0.5, 0.6) is 0 Å². The van der Waals surface area contributed by atoms with Gasteiger partial charge in [-0.2, -0.15) is 0 Å². The summed E-state index contributed by atoms with van der Waals surface area (Å²) < 4.78 is 21.4. The molecule has 0 radical (unpaired) electrons. The van der Waals surface area contributed by atoms with Gasteiger partial charge in [-0.25, -0.2) is 14.3 Å². The van der Waals surface area contributed by atoms with E-state index in [1.807, 2.05) is 4.98 Å². The van der Waals surface area contributed by atoms with Crippen molar-refractivity contribution in [1.82, 2.24) is 19.5 Å². The maximum absolute atomic E-state index is 11.6. The third-order valence-electron chi connectivity index (χ3n) is 4.55. The Bertz CT molecular complexity index is 1210. The van der Waals surface area contributed by atoms with E-state index in [1.54, 1.807) is 0 Å². The summed E-state index contributed by atoms with van der Waals surface area (Å²) in [6, 6.07) is 0. The van der Waals surface area contributed by atoms with E-state index in [9.17, 15) is 34.0 Å². The molecule has 0 aromatic carbocycles. The van der Waals surface area contributed by atoms with Crippen LogP contribution in [0.25, 0.3) is 11.2 Å². The van der Waals surface area contributed by atoms with E-state index < -0.39 is 80.6 Å². The highest BCUT2D eigenvalue weighted by atomic mass is 31.2. The Balaban J connectivity index is 0.000000334. The van der Waals surface area contributed by atoms with Crippen molar-refractivity contribution in [2.75, 3.05) is 6.61 Å². The maximum Gasteiger partial charge on any atom is 0.469 e. The summed E-state index contributed by atoms with van der Waals surface area (Å²) in [5.74, 6) is -2.42. The fraction of sp³-hybridized carbons (Fsp3) is 0.562. The number of aliphatic carboxylic acids is 2. The second-order valence-electron chi connectivity index (χ2n) is 7.73. The summed E-state index contributed by atoms with van der Waals surface area (Å²) in [6.45, 7) is 0.498. The number of hydrogen-bond acceptors (Lipinski definition) is 11. The lowest BCUT2D eigenvalue weighted by Gasteiger charge is -2.17. The van der Waals surface area contributed by atoms with Crippen molar-refractivity contribution in [1.29, 1.82) is 0 Å². The highest BCUT2D eigenvalue weighted by Crippen LogP contribution is 2.38. The number of H-pyrrole nitrogens is 2. The minimum Gasteiger partial charge on any atom is -0.481 e. The zero-order chi connectivity index (χ0) is 26.7. The number of carbonyl (C=O) groups is 2. The van der Waals surface area contributed by atoms with Crippen molar-refractivity contribution in [3.05, 3.63) is 27.2 Å². The zero-order valence-electron chi connectivity index (χ0n) is 17.8. The van der Waals surface area contributed by atoms with Crippen LogP contribution in [0.15, 0.2) is 15.9 Å². The first-order chi connectivity index (χ1) is 16.0. The van der Waals surface area contributed by atoms with Gasteiger partial charge >= 0.3 is 25.5 Å². The number of aliphatic hydroxyl groups is 3. The van der Waals surface area contributed by atoms with Gasteiger partial charge in [0.2, 0.25) is 0 Å². The Morgan fingerprint density at radius 3 is 2.26 bits per heavy atom. The molecule has 196 valence electrons. The third-order valence-corrected chi connectivity index (χ3v) is 5.04. The number of imidazole rings is 1. The van der Waals surface area contributed by atoms with Crippen molar-refractivity contribution < 1.29 is 58.7 Å². The SMILES string of the molecule is CC(O)(CC(=O)O)CC(=O)O.O=c1[nH]c(=O)c2ncn([C@@H]3O[C@H](COP(=O)(O)O)[C@@H](O)[C@H]3O)c2[nH]1. The maximum atomic E-state index is 11.6. The van der Waals surface area contributed by atoms with Crippen LogP contribution >= 0.6 is 7.82 Å². The van der Waals surface area contributed by atoms with E-state index in [0.717, 1.165) is 10.9 Å². The lowest BCUT2D eigenvalue weighted by molar-refractivity contribution is -0.147. The molecule has 19 heteroatoms. The van der Waals surface area contributed by atoms with Gasteiger partial charge in [0.05, 0.1) is 31.4 Å². The first-order valence-corrected chi connectivity index (χ1v) is 11.1. The summed E-state index contributed by atoms with van der Waals surface area (Å²) in [5.41, 5.74) is -3.37. The molecule has 0 saturated carbocycles. The van der Waals surface area contributed by atoms with Gasteiger partial charge < -0.3 is 40.1 Å². The molecular formula is C16H23N4O14P. The van der Waals surface area contributed by atoms with Crippen LogP contribution in [-0.4, -0.2) is 97.3 Å². The molecular weight excluding hydrogens is 503 g/mol. The number of nitrogens with one attached hydrogen (secondary N) is 2. The first-order valence-electron chi connectivity index (χ1n) is 9.57. The van der Waals surface area contributed by atoms with Crippen LogP contribution in [0.4, 0.5) is 0 Å². The van der Waals surface area contributed by atoms with Crippen molar-refractivity contribution in [3.8, 4) is 0 Å². The second-order valence-corrected chi connectivity index (χ2v) is 8.97. The third kappa shape index (κ3) is 7.77. The summed E-state index contributed by atoms with van der Waals surface area (Å²) in [4.78, 5) is 68.6. The highest BCUT2D eigenvalue weighted by Gasteiger charge is 2.45. The molecule has 18 nitrogen and oxygen atoms in total. The molecule has 1 fully saturated rings. The van der Waals surface area contributed by atoms with Gasteiger partial charge in [0.25, 0.3) is 5.56 Å². The molecule has 3 heterocycles. The number of ether oxygens (including phenoxy) is 1. The van der Waals surface area contributed by atoms with Crippen LogP contribution in [0.3, 0.4) is 0 Å². The average molecular weight is 526 g/mol. The first kappa shape index (κ1) is 28.3. The molecule has 35 heavy (non-hydrogen) atoms. The van der Waals surface area contributed by atoms with E-state index in [-0.39, 0.29) is 11.2 Å². The van der Waals surface area contributed by atoms with Crippen LogP contribution in [0.1, 0.15) is 26.0 Å². The molecule has 0 bridgehead atoms. The highest BCUT2D eigenvalue weighted by molar-refractivity contribution is 7.46. The molecule has 0 amide bonds. The fourth-order valence-corrected chi connectivity index (χ4v) is 3.47. The fourth-order valence-electron chi connectivity index (χ4n) is 3.13. The normalized spacial score (nSPS) is 22.6. The number of carboxylic acids is 2. The average Bonchev–Trinajstić information content (AvgIpc) is 3.20. The predicted molar refractivity (Wildman–Crippen MR) is 110 cm³/mol. The Hall–Kier alpha value is -2.96. The van der Waals surface area contributed by atoms with E-state index in [4.69, 9.17) is 29.8 Å². The Kier molecular flexibility index (Phi) is 8.69. The summed E-state index contributed by atoms with van der Waals surface area (Å²) in [5, 5.41) is 45.5. The molecule has 0 unspecified atom stereocenters. The van der Waals surface area contributed by atoms with Crippen molar-refractivity contribution in [2.24, 2.45) is 0 Å². The summed E-state index contributed by atoms with van der Waals surface area (Å²) >= 11 is 0. The molecule has 4 atom stereocenters. The van der Waals surface area contributed by atoms with Crippen molar-refractivity contribution in [2.45, 2.75) is 49.9 Å². The molecule has 1 aliphatic rings. The van der Waals surface area contributed by atoms with E-state index in [0.29, 0.717) is 0 Å². The standard InChI is InChI=1S/C10H13N4O9P.C6H10O5/c15-5-3(1-22-24(19,20)21)23-9(6(5)16)14-2-11-4-7(14)12-10(18)13-8(4)17;1-6(11,2-4(7)8)3-5(9)10/h2-3,5-6,9,15-16H,1H2,(H2,19,20,21)(H2,12,13,17,18);11H,2-3H2,1H3,(H,7,8)(H,9,10)/t3-,5-,6-,9-;/m1./s1. The largest absolute Gasteiger partial charge is 0.481 e. The number of aromatic amines is 2. The van der Waals surface area contributed by atoms with Crippen LogP contribution in [0.2, 0.25) is 0 Å². The second kappa shape index (κ2) is 10.8. The lowest BCUT2D eigenvalue weighted by atomic mass is 9.99.